The number of β-amino-alcohol motifs (C(OH)–C–C–N with tert-alkyl or cyclic N) is 1. The number of nitrogens with zero attached hydrogens (tertiary/aromatic N) is 2. The largest absolute Gasteiger partial charge is 0.726 e. The monoisotopic (exact) mass is 534 g/mol. The van der Waals surface area contributed by atoms with Crippen molar-refractivity contribution < 1.29 is 26.8 Å². The third-order valence-electron chi connectivity index (χ3n) is 7.09. The van der Waals surface area contributed by atoms with Gasteiger partial charge in [0, 0.05) is 6.42 Å². The maximum Gasteiger partial charge on any atom is 0.246 e. The molecule has 1 aliphatic heterocycles. The number of amidine groups is 1. The van der Waals surface area contributed by atoms with Gasteiger partial charge in [-0.05, 0) is 6.42 Å². The fraction of sp³-hybridized carbons (Fsp3) is 0.964. The lowest BCUT2D eigenvalue weighted by Gasteiger charge is -2.11. The molecule has 0 saturated heterocycles. The fourth-order valence-corrected chi connectivity index (χ4v) is 4.84. The number of rotatable bonds is 23. The van der Waals surface area contributed by atoms with Gasteiger partial charge in [0.1, 0.15) is 19.6 Å². The smallest absolute Gasteiger partial charge is 0.246 e. The Labute approximate surface area is 223 Å². The third-order valence-corrected chi connectivity index (χ3v) is 7.50. The summed E-state index contributed by atoms with van der Waals surface area (Å²) in [5, 5.41) is 9.19. The Bertz CT molecular complexity index is 625. The molecule has 1 N–H and O–H groups in total. The van der Waals surface area contributed by atoms with E-state index in [9.17, 15) is 18.1 Å². The number of aliphatic hydroxyl groups excluding tert-OH is 1. The molecule has 36 heavy (non-hydrogen) atoms. The van der Waals surface area contributed by atoms with E-state index in [1.165, 1.54) is 134 Å². The fourth-order valence-electron chi connectivity index (χ4n) is 4.84. The van der Waals surface area contributed by atoms with Gasteiger partial charge < -0.3 is 9.66 Å². The first-order valence-corrected chi connectivity index (χ1v) is 16.1. The van der Waals surface area contributed by atoms with E-state index >= 15 is 0 Å². The summed E-state index contributed by atoms with van der Waals surface area (Å²) >= 11 is 0. The van der Waals surface area contributed by atoms with Crippen molar-refractivity contribution in [2.24, 2.45) is 0 Å². The molecule has 1 rings (SSSR count). The van der Waals surface area contributed by atoms with Crippen LogP contribution in [0.15, 0.2) is 0 Å². The van der Waals surface area contributed by atoms with Crippen molar-refractivity contribution in [1.29, 1.82) is 0 Å². The van der Waals surface area contributed by atoms with E-state index in [1.54, 1.807) is 0 Å². The van der Waals surface area contributed by atoms with E-state index in [-0.39, 0.29) is 6.61 Å². The van der Waals surface area contributed by atoms with Crippen LogP contribution in [0, 0.1) is 0 Å². The van der Waals surface area contributed by atoms with Crippen LogP contribution in [-0.4, -0.2) is 73.8 Å². The zero-order chi connectivity index (χ0) is 26.9. The van der Waals surface area contributed by atoms with Crippen molar-refractivity contribution in [1.82, 2.24) is 4.90 Å². The van der Waals surface area contributed by atoms with Crippen LogP contribution in [0.5, 0.6) is 0 Å². The van der Waals surface area contributed by atoms with E-state index in [1.807, 2.05) is 0 Å². The van der Waals surface area contributed by atoms with Gasteiger partial charge >= 0.3 is 0 Å². The van der Waals surface area contributed by atoms with Crippen LogP contribution in [0.2, 0.25) is 0 Å². The van der Waals surface area contributed by atoms with Crippen LogP contribution < -0.4 is 0 Å². The SMILES string of the molecule is CCCCCCCCCCCCCCCCCCCCCC1=[N+](C)CCN1CCO.COS(=O)(=O)[O-]. The van der Waals surface area contributed by atoms with Crippen LogP contribution in [0.1, 0.15) is 135 Å². The first kappa shape index (κ1) is 35.3. The summed E-state index contributed by atoms with van der Waals surface area (Å²) in [4.78, 5) is 2.37. The first-order valence-electron chi connectivity index (χ1n) is 14.8. The minimum absolute atomic E-state index is 0.274. The topological polar surface area (TPSA) is 92.9 Å². The molecule has 0 spiro atoms. The molecule has 0 atom stereocenters. The van der Waals surface area contributed by atoms with Crippen LogP contribution in [-0.2, 0) is 14.6 Å². The molecule has 0 saturated carbocycles. The zero-order valence-corrected chi connectivity index (χ0v) is 24.7. The molecule has 7 nitrogen and oxygen atoms in total. The summed E-state index contributed by atoms with van der Waals surface area (Å²) in [5.74, 6) is 1.45. The lowest BCUT2D eigenvalue weighted by atomic mass is 10.0. The minimum Gasteiger partial charge on any atom is -0.726 e. The molecule has 0 aromatic heterocycles. The molecule has 0 amide bonds. The Kier molecular flexibility index (Phi) is 24.1. The zero-order valence-electron chi connectivity index (χ0n) is 23.9. The van der Waals surface area contributed by atoms with Crippen LogP contribution in [0.4, 0.5) is 0 Å². The third kappa shape index (κ3) is 22.5. The van der Waals surface area contributed by atoms with E-state index < -0.39 is 10.4 Å². The predicted molar refractivity (Wildman–Crippen MR) is 149 cm³/mol. The van der Waals surface area contributed by atoms with Gasteiger partial charge in [0.05, 0.1) is 20.8 Å². The van der Waals surface area contributed by atoms with Gasteiger partial charge in [-0.1, -0.05) is 122 Å². The van der Waals surface area contributed by atoms with E-state index in [4.69, 9.17) is 0 Å². The van der Waals surface area contributed by atoms with Crippen LogP contribution >= 0.6 is 0 Å². The summed E-state index contributed by atoms with van der Waals surface area (Å²) in [5.41, 5.74) is 0. The summed E-state index contributed by atoms with van der Waals surface area (Å²) in [7, 11) is -1.41. The van der Waals surface area contributed by atoms with Crippen molar-refractivity contribution in [2.75, 3.05) is 40.4 Å². The standard InChI is InChI=1S/C27H55N2O.CH4O4S/c1-3-4-5-6-7-8-9-10-11-12-13-14-15-16-17-18-19-20-21-22-27-28(2)23-24-29(27)25-26-30;1-5-6(2,3)4/h30H,3-26H2,1-2H3;1H3,(H,2,3,4)/q+1;/p-1. The van der Waals surface area contributed by atoms with Crippen molar-refractivity contribution in [2.45, 2.75) is 135 Å². The minimum atomic E-state index is -4.41. The molecular weight excluding hydrogens is 476 g/mol. The molecule has 0 bridgehead atoms. The summed E-state index contributed by atoms with van der Waals surface area (Å²) < 4.78 is 33.4. The maximum atomic E-state index is 9.22. The Morgan fingerprint density at radius 2 is 1.17 bits per heavy atom. The molecule has 0 aliphatic carbocycles. The van der Waals surface area contributed by atoms with Crippen molar-refractivity contribution in [3.8, 4) is 0 Å². The quantitative estimate of drug-likeness (QED) is 0.0721. The highest BCUT2D eigenvalue weighted by Gasteiger charge is 2.26. The number of aliphatic hydroxyl groups is 1. The van der Waals surface area contributed by atoms with Gasteiger partial charge in [-0.3, -0.25) is 13.7 Å². The highest BCUT2D eigenvalue weighted by molar-refractivity contribution is 7.80. The van der Waals surface area contributed by atoms with Crippen molar-refractivity contribution in [3.63, 3.8) is 0 Å². The lowest BCUT2D eigenvalue weighted by Crippen LogP contribution is -2.31. The molecule has 0 fully saturated rings. The highest BCUT2D eigenvalue weighted by Crippen LogP contribution is 2.15. The second-order valence-electron chi connectivity index (χ2n) is 10.2. The number of unbranched alkanes of at least 4 members (excludes halogenated alkanes) is 18. The average molecular weight is 535 g/mol. The number of likely N-dealkylation sites (N-methyl/N-ethyl adjacent to an activating group) is 1. The molecule has 1 aliphatic rings. The second-order valence-corrected chi connectivity index (χ2v) is 11.4. The van der Waals surface area contributed by atoms with Crippen molar-refractivity contribution in [3.05, 3.63) is 0 Å². The predicted octanol–water partition coefficient (Wildman–Crippen LogP) is 6.25. The molecule has 8 heteroatoms. The van der Waals surface area contributed by atoms with Gasteiger partial charge in [-0.2, -0.15) is 0 Å². The summed E-state index contributed by atoms with van der Waals surface area (Å²) in [6.45, 7) is 5.58. The van der Waals surface area contributed by atoms with E-state index in [2.05, 4.69) is 27.6 Å². The van der Waals surface area contributed by atoms with E-state index in [0.29, 0.717) is 0 Å². The maximum absolute atomic E-state index is 9.22. The first-order chi connectivity index (χ1) is 17.4. The van der Waals surface area contributed by atoms with Gasteiger partial charge in [-0.15, -0.1) is 0 Å². The molecule has 216 valence electrons. The average Bonchev–Trinajstić information content (AvgIpc) is 3.19. The van der Waals surface area contributed by atoms with Crippen LogP contribution in [0.25, 0.3) is 0 Å². The van der Waals surface area contributed by atoms with Gasteiger partial charge in [-0.25, -0.2) is 8.42 Å². The molecule has 0 aromatic rings. The molecule has 0 radical (unpaired) electrons. The summed E-state index contributed by atoms with van der Waals surface area (Å²) in [6.07, 6.45) is 28.5. The molecule has 0 aromatic carbocycles. The highest BCUT2D eigenvalue weighted by atomic mass is 32.3. The van der Waals surface area contributed by atoms with Crippen LogP contribution in [0.3, 0.4) is 0 Å². The second kappa shape index (κ2) is 24.6. The van der Waals surface area contributed by atoms with Crippen molar-refractivity contribution >= 4 is 16.2 Å². The Morgan fingerprint density at radius 3 is 1.50 bits per heavy atom. The Hall–Kier alpha value is -0.700. The van der Waals surface area contributed by atoms with Gasteiger partial charge in [0.25, 0.3) is 0 Å². The molecule has 1 heterocycles. The van der Waals surface area contributed by atoms with Gasteiger partial charge in [0.2, 0.25) is 16.2 Å². The Morgan fingerprint density at radius 1 is 0.806 bits per heavy atom. The number of hydrogen-bond donors (Lipinski definition) is 1. The Balaban J connectivity index is 0.00000181. The van der Waals surface area contributed by atoms with Gasteiger partial charge in [0.15, 0.2) is 0 Å². The van der Waals surface area contributed by atoms with E-state index in [0.717, 1.165) is 26.7 Å². The molecule has 0 unspecified atom stereocenters. The molecular formula is C28H58N2O5S. The summed E-state index contributed by atoms with van der Waals surface area (Å²) in [6, 6.07) is 0. The lowest BCUT2D eigenvalue weighted by molar-refractivity contribution is -0.487. The normalized spacial score (nSPS) is 13.9. The number of hydrogen-bond acceptors (Lipinski definition) is 6.